The summed E-state index contributed by atoms with van der Waals surface area (Å²) in [6, 6.07) is 4.95. The van der Waals surface area contributed by atoms with Gasteiger partial charge in [-0.3, -0.25) is 4.98 Å². The molecule has 1 aliphatic rings. The van der Waals surface area contributed by atoms with Crippen LogP contribution in [0.2, 0.25) is 0 Å². The molecule has 0 amide bonds. The highest BCUT2D eigenvalue weighted by molar-refractivity contribution is 5.13. The van der Waals surface area contributed by atoms with E-state index in [0.29, 0.717) is 6.04 Å². The summed E-state index contributed by atoms with van der Waals surface area (Å²) in [7, 11) is 0. The van der Waals surface area contributed by atoms with E-state index in [1.807, 2.05) is 6.20 Å². The van der Waals surface area contributed by atoms with E-state index < -0.39 is 0 Å². The van der Waals surface area contributed by atoms with Gasteiger partial charge < -0.3 is 5.32 Å². The Kier molecular flexibility index (Phi) is 3.37. The summed E-state index contributed by atoms with van der Waals surface area (Å²) in [6.07, 6.45) is 5.83. The van der Waals surface area contributed by atoms with Gasteiger partial charge in [0.1, 0.15) is 0 Å². The van der Waals surface area contributed by atoms with Crippen molar-refractivity contribution in [2.24, 2.45) is 5.92 Å². The summed E-state index contributed by atoms with van der Waals surface area (Å²) >= 11 is 0. The first-order chi connectivity index (χ1) is 7.29. The van der Waals surface area contributed by atoms with Crippen molar-refractivity contribution in [2.45, 2.75) is 39.2 Å². The van der Waals surface area contributed by atoms with Gasteiger partial charge in [-0.1, -0.05) is 13.0 Å². The topological polar surface area (TPSA) is 24.9 Å². The van der Waals surface area contributed by atoms with Gasteiger partial charge >= 0.3 is 0 Å². The van der Waals surface area contributed by atoms with Crippen LogP contribution in [0.4, 0.5) is 0 Å². The van der Waals surface area contributed by atoms with Crippen LogP contribution in [-0.4, -0.2) is 17.6 Å². The van der Waals surface area contributed by atoms with Crippen LogP contribution in [0, 0.1) is 12.8 Å². The zero-order valence-corrected chi connectivity index (χ0v) is 9.66. The molecule has 1 fully saturated rings. The number of hydrogen-bond donors (Lipinski definition) is 1. The molecule has 1 aliphatic carbocycles. The minimum atomic E-state index is 0.644. The molecule has 0 spiro atoms. The Morgan fingerprint density at radius 3 is 2.80 bits per heavy atom. The number of nitrogens with zero attached hydrogens (tertiary/aromatic N) is 1. The Bertz CT molecular complexity index is 301. The number of nitrogens with one attached hydrogen (secondary N) is 1. The second kappa shape index (κ2) is 4.75. The fourth-order valence-electron chi connectivity index (χ4n) is 2.01. The Balaban J connectivity index is 1.95. The molecule has 0 saturated heterocycles. The van der Waals surface area contributed by atoms with Gasteiger partial charge in [-0.25, -0.2) is 0 Å². The van der Waals surface area contributed by atoms with Crippen molar-refractivity contribution in [3.8, 4) is 0 Å². The summed E-state index contributed by atoms with van der Waals surface area (Å²) in [5, 5.41) is 3.57. The van der Waals surface area contributed by atoms with Crippen LogP contribution in [0.5, 0.6) is 0 Å². The van der Waals surface area contributed by atoms with E-state index in [1.165, 1.54) is 24.1 Å². The van der Waals surface area contributed by atoms with Crippen molar-refractivity contribution < 1.29 is 0 Å². The molecule has 2 heteroatoms. The SMILES string of the molecule is CCNC(Cc1ccc(C)cn1)C1CC1. The second-order valence-corrected chi connectivity index (χ2v) is 4.53. The van der Waals surface area contributed by atoms with E-state index >= 15 is 0 Å². The lowest BCUT2D eigenvalue weighted by atomic mass is 10.1. The molecule has 1 saturated carbocycles. The minimum absolute atomic E-state index is 0.644. The van der Waals surface area contributed by atoms with E-state index in [4.69, 9.17) is 0 Å². The van der Waals surface area contributed by atoms with Crippen molar-refractivity contribution in [2.75, 3.05) is 6.54 Å². The normalized spacial score (nSPS) is 17.7. The summed E-state index contributed by atoms with van der Waals surface area (Å²) < 4.78 is 0. The number of aryl methyl sites for hydroxylation is 1. The fraction of sp³-hybridized carbons (Fsp3) is 0.615. The van der Waals surface area contributed by atoms with Gasteiger partial charge in [-0.05, 0) is 43.9 Å². The molecule has 15 heavy (non-hydrogen) atoms. The van der Waals surface area contributed by atoms with E-state index in [1.54, 1.807) is 0 Å². The maximum Gasteiger partial charge on any atom is 0.0419 e. The number of likely N-dealkylation sites (N-methyl/N-ethyl adjacent to an activating group) is 1. The molecule has 1 aromatic rings. The highest BCUT2D eigenvalue weighted by Crippen LogP contribution is 2.33. The Morgan fingerprint density at radius 2 is 2.27 bits per heavy atom. The third-order valence-electron chi connectivity index (χ3n) is 3.06. The summed E-state index contributed by atoms with van der Waals surface area (Å²) in [6.45, 7) is 5.32. The predicted octanol–water partition coefficient (Wildman–Crippen LogP) is 2.32. The Labute approximate surface area is 92.1 Å². The maximum atomic E-state index is 4.47. The molecule has 0 aliphatic heterocycles. The van der Waals surface area contributed by atoms with Gasteiger partial charge in [0.2, 0.25) is 0 Å². The molecular weight excluding hydrogens is 184 g/mol. The molecule has 1 aromatic heterocycles. The van der Waals surface area contributed by atoms with Gasteiger partial charge in [-0.15, -0.1) is 0 Å². The first-order valence-corrected chi connectivity index (χ1v) is 5.94. The average molecular weight is 204 g/mol. The standard InChI is InChI=1S/C13H20N2/c1-3-14-13(11-5-6-11)8-12-7-4-10(2)9-15-12/h4,7,9,11,13-14H,3,5-6,8H2,1-2H3. The second-order valence-electron chi connectivity index (χ2n) is 4.53. The maximum absolute atomic E-state index is 4.47. The molecule has 0 aromatic carbocycles. The number of hydrogen-bond acceptors (Lipinski definition) is 2. The van der Waals surface area contributed by atoms with E-state index in [-0.39, 0.29) is 0 Å². The van der Waals surface area contributed by atoms with Crippen LogP contribution in [0.3, 0.4) is 0 Å². The van der Waals surface area contributed by atoms with Crippen molar-refractivity contribution in [1.29, 1.82) is 0 Å². The van der Waals surface area contributed by atoms with Crippen LogP contribution in [0.1, 0.15) is 31.0 Å². The lowest BCUT2D eigenvalue weighted by Gasteiger charge is -2.16. The molecule has 1 heterocycles. The third-order valence-corrected chi connectivity index (χ3v) is 3.06. The highest BCUT2D eigenvalue weighted by Gasteiger charge is 2.30. The van der Waals surface area contributed by atoms with E-state index in [0.717, 1.165) is 18.9 Å². The van der Waals surface area contributed by atoms with Gasteiger partial charge in [0.05, 0.1) is 0 Å². The number of pyridine rings is 1. The van der Waals surface area contributed by atoms with E-state index in [9.17, 15) is 0 Å². The van der Waals surface area contributed by atoms with Crippen LogP contribution < -0.4 is 5.32 Å². The Morgan fingerprint density at radius 1 is 1.47 bits per heavy atom. The quantitative estimate of drug-likeness (QED) is 0.796. The van der Waals surface area contributed by atoms with Crippen LogP contribution in [-0.2, 0) is 6.42 Å². The zero-order chi connectivity index (χ0) is 10.7. The van der Waals surface area contributed by atoms with E-state index in [2.05, 4.69) is 36.3 Å². The molecule has 0 bridgehead atoms. The molecule has 2 nitrogen and oxygen atoms in total. The highest BCUT2D eigenvalue weighted by atomic mass is 14.9. The molecule has 1 atom stereocenters. The molecular formula is C13H20N2. The van der Waals surface area contributed by atoms with Crippen LogP contribution in [0.15, 0.2) is 18.3 Å². The van der Waals surface area contributed by atoms with Crippen LogP contribution in [0.25, 0.3) is 0 Å². The van der Waals surface area contributed by atoms with Gasteiger partial charge in [0.25, 0.3) is 0 Å². The van der Waals surface area contributed by atoms with Crippen molar-refractivity contribution in [3.63, 3.8) is 0 Å². The Hall–Kier alpha value is -0.890. The first-order valence-electron chi connectivity index (χ1n) is 5.94. The zero-order valence-electron chi connectivity index (χ0n) is 9.66. The monoisotopic (exact) mass is 204 g/mol. The van der Waals surface area contributed by atoms with Crippen molar-refractivity contribution >= 4 is 0 Å². The van der Waals surface area contributed by atoms with Crippen molar-refractivity contribution in [1.82, 2.24) is 10.3 Å². The van der Waals surface area contributed by atoms with Gasteiger partial charge in [0, 0.05) is 24.4 Å². The summed E-state index contributed by atoms with van der Waals surface area (Å²) in [5.74, 6) is 0.896. The predicted molar refractivity (Wildman–Crippen MR) is 62.9 cm³/mol. The number of rotatable bonds is 5. The third kappa shape index (κ3) is 3.03. The molecule has 82 valence electrons. The van der Waals surface area contributed by atoms with Gasteiger partial charge in [0.15, 0.2) is 0 Å². The molecule has 2 rings (SSSR count). The lowest BCUT2D eigenvalue weighted by molar-refractivity contribution is 0.468. The van der Waals surface area contributed by atoms with Crippen molar-refractivity contribution in [3.05, 3.63) is 29.6 Å². The van der Waals surface area contributed by atoms with Crippen LogP contribution >= 0.6 is 0 Å². The van der Waals surface area contributed by atoms with Gasteiger partial charge in [-0.2, -0.15) is 0 Å². The fourth-order valence-corrected chi connectivity index (χ4v) is 2.01. The number of aromatic nitrogens is 1. The minimum Gasteiger partial charge on any atom is -0.314 e. The largest absolute Gasteiger partial charge is 0.314 e. The smallest absolute Gasteiger partial charge is 0.0419 e. The summed E-state index contributed by atoms with van der Waals surface area (Å²) in [5.41, 5.74) is 2.46. The molecule has 1 N–H and O–H groups in total. The molecule has 1 unspecified atom stereocenters. The average Bonchev–Trinajstić information content (AvgIpc) is 3.04. The first kappa shape index (κ1) is 10.6. The lowest BCUT2D eigenvalue weighted by Crippen LogP contribution is -2.33. The summed E-state index contributed by atoms with van der Waals surface area (Å²) in [4.78, 5) is 4.47. The molecule has 0 radical (unpaired) electrons.